The van der Waals surface area contributed by atoms with Crippen LogP contribution < -0.4 is 4.74 Å². The Balaban J connectivity index is 0.00000267. The van der Waals surface area contributed by atoms with Gasteiger partial charge in [-0.3, -0.25) is 0 Å². The van der Waals surface area contributed by atoms with Crippen LogP contribution in [0.2, 0.25) is 0 Å². The zero-order chi connectivity index (χ0) is 23.8. The molecular formula is C28H32ClN3O4. The fourth-order valence-electron chi connectivity index (χ4n) is 5.49. The lowest BCUT2D eigenvalue weighted by Gasteiger charge is -2.33. The van der Waals surface area contributed by atoms with E-state index < -0.39 is 6.10 Å². The number of rotatable bonds is 7. The van der Waals surface area contributed by atoms with Crippen LogP contribution >= 0.6 is 12.4 Å². The monoisotopic (exact) mass is 509 g/mol. The average Bonchev–Trinajstić information content (AvgIpc) is 3.62. The molecule has 2 aromatic heterocycles. The van der Waals surface area contributed by atoms with E-state index >= 15 is 0 Å². The third-order valence-corrected chi connectivity index (χ3v) is 7.34. The molecule has 1 aliphatic carbocycles. The maximum Gasteiger partial charge on any atom is 0.283 e. The SMILES string of the molecule is Cc1nnc(-c2cc3c(OC[C@@H](O)CN4CCC(c5ccc6c(c5)CCC6)CC4)cccc3o2)o1.Cl. The van der Waals surface area contributed by atoms with Crippen molar-refractivity contribution in [3.8, 4) is 17.4 Å². The van der Waals surface area contributed by atoms with Crippen molar-refractivity contribution in [2.24, 2.45) is 0 Å². The third kappa shape index (κ3) is 5.14. The van der Waals surface area contributed by atoms with Gasteiger partial charge in [0.1, 0.15) is 24.0 Å². The fourth-order valence-corrected chi connectivity index (χ4v) is 5.49. The van der Waals surface area contributed by atoms with Gasteiger partial charge in [0.2, 0.25) is 5.89 Å². The van der Waals surface area contributed by atoms with Crippen LogP contribution in [0.25, 0.3) is 22.6 Å². The van der Waals surface area contributed by atoms with E-state index in [1.54, 1.807) is 18.1 Å². The Labute approximate surface area is 216 Å². The lowest BCUT2D eigenvalue weighted by molar-refractivity contribution is 0.0599. The number of halogens is 1. The Hall–Kier alpha value is -2.87. The molecule has 4 aromatic rings. The van der Waals surface area contributed by atoms with Gasteiger partial charge in [0.15, 0.2) is 5.76 Å². The topological polar surface area (TPSA) is 84.8 Å². The van der Waals surface area contributed by atoms with Gasteiger partial charge in [0.05, 0.1) is 5.39 Å². The van der Waals surface area contributed by atoms with Crippen LogP contribution in [0.5, 0.6) is 5.75 Å². The van der Waals surface area contributed by atoms with Gasteiger partial charge in [-0.1, -0.05) is 24.3 Å². The van der Waals surface area contributed by atoms with E-state index in [1.165, 1.54) is 24.8 Å². The summed E-state index contributed by atoms with van der Waals surface area (Å²) in [6.45, 7) is 4.59. The minimum atomic E-state index is -0.563. The zero-order valence-electron chi connectivity index (χ0n) is 20.5. The molecule has 6 rings (SSSR count). The highest BCUT2D eigenvalue weighted by molar-refractivity contribution is 5.87. The molecule has 2 aromatic carbocycles. The minimum Gasteiger partial charge on any atom is -0.490 e. The van der Waals surface area contributed by atoms with Crippen LogP contribution in [-0.2, 0) is 12.8 Å². The number of aryl methyl sites for hydroxylation is 3. The Morgan fingerprint density at radius 1 is 1.06 bits per heavy atom. The number of benzene rings is 2. The highest BCUT2D eigenvalue weighted by atomic mass is 35.5. The number of furan rings is 1. The van der Waals surface area contributed by atoms with Crippen molar-refractivity contribution in [2.75, 3.05) is 26.2 Å². The van der Waals surface area contributed by atoms with Crippen LogP contribution in [-0.4, -0.2) is 52.5 Å². The van der Waals surface area contributed by atoms with Crippen molar-refractivity contribution < 1.29 is 18.7 Å². The zero-order valence-corrected chi connectivity index (χ0v) is 21.3. The smallest absolute Gasteiger partial charge is 0.283 e. The molecule has 0 bridgehead atoms. The number of piperidine rings is 1. The Bertz CT molecular complexity index is 1330. The first-order chi connectivity index (χ1) is 17.1. The number of hydrogen-bond donors (Lipinski definition) is 1. The quantitative estimate of drug-likeness (QED) is 0.361. The maximum absolute atomic E-state index is 10.7. The van der Waals surface area contributed by atoms with Crippen molar-refractivity contribution in [2.45, 2.75) is 51.0 Å². The Morgan fingerprint density at radius 3 is 2.69 bits per heavy atom. The maximum atomic E-state index is 10.7. The van der Waals surface area contributed by atoms with Crippen LogP contribution in [0.15, 0.2) is 51.3 Å². The summed E-state index contributed by atoms with van der Waals surface area (Å²) in [5, 5.41) is 19.4. The number of nitrogens with zero attached hydrogens (tertiary/aromatic N) is 3. The third-order valence-electron chi connectivity index (χ3n) is 7.34. The second-order valence-electron chi connectivity index (χ2n) is 9.83. The summed E-state index contributed by atoms with van der Waals surface area (Å²) in [7, 11) is 0. The van der Waals surface area contributed by atoms with E-state index in [0.717, 1.165) is 31.3 Å². The van der Waals surface area contributed by atoms with Crippen molar-refractivity contribution in [1.29, 1.82) is 0 Å². The second-order valence-corrected chi connectivity index (χ2v) is 9.83. The second kappa shape index (κ2) is 10.6. The van der Waals surface area contributed by atoms with Crippen LogP contribution in [0.4, 0.5) is 0 Å². The molecule has 1 aliphatic heterocycles. The van der Waals surface area contributed by atoms with Gasteiger partial charge in [-0.15, -0.1) is 22.6 Å². The van der Waals surface area contributed by atoms with E-state index in [9.17, 15) is 5.11 Å². The van der Waals surface area contributed by atoms with Gasteiger partial charge in [-0.05, 0) is 79.9 Å². The van der Waals surface area contributed by atoms with Crippen LogP contribution in [0.3, 0.4) is 0 Å². The minimum absolute atomic E-state index is 0. The molecule has 36 heavy (non-hydrogen) atoms. The summed E-state index contributed by atoms with van der Waals surface area (Å²) in [6.07, 6.45) is 5.48. The average molecular weight is 510 g/mol. The summed E-state index contributed by atoms with van der Waals surface area (Å²) in [6, 6.07) is 14.6. The molecule has 8 heteroatoms. The highest BCUT2D eigenvalue weighted by Gasteiger charge is 2.24. The predicted molar refractivity (Wildman–Crippen MR) is 140 cm³/mol. The molecular weight excluding hydrogens is 478 g/mol. The number of fused-ring (bicyclic) bond motifs is 2. The molecule has 2 aliphatic rings. The molecule has 0 amide bonds. The first kappa shape index (κ1) is 24.8. The first-order valence-electron chi connectivity index (χ1n) is 12.6. The molecule has 190 valence electrons. The van der Waals surface area contributed by atoms with Gasteiger partial charge in [0, 0.05) is 19.5 Å². The number of aromatic nitrogens is 2. The number of β-amino-alcohol motifs (C(OH)–C–C–N with tert-alkyl or cyclic N) is 1. The van der Waals surface area contributed by atoms with Gasteiger partial charge in [0.25, 0.3) is 5.89 Å². The van der Waals surface area contributed by atoms with E-state index in [4.69, 9.17) is 13.6 Å². The summed E-state index contributed by atoms with van der Waals surface area (Å²) in [4.78, 5) is 2.35. The van der Waals surface area contributed by atoms with Gasteiger partial charge < -0.3 is 23.6 Å². The molecule has 3 heterocycles. The molecule has 0 spiro atoms. The highest BCUT2D eigenvalue weighted by Crippen LogP contribution is 2.34. The van der Waals surface area contributed by atoms with Crippen molar-refractivity contribution >= 4 is 23.4 Å². The largest absolute Gasteiger partial charge is 0.490 e. The Kier molecular flexibility index (Phi) is 7.32. The van der Waals surface area contributed by atoms with Gasteiger partial charge >= 0.3 is 0 Å². The number of likely N-dealkylation sites (tertiary alicyclic amines) is 1. The van der Waals surface area contributed by atoms with Crippen molar-refractivity contribution in [1.82, 2.24) is 15.1 Å². The van der Waals surface area contributed by atoms with E-state index in [2.05, 4.69) is 33.3 Å². The van der Waals surface area contributed by atoms with Crippen molar-refractivity contribution in [3.05, 3.63) is 65.0 Å². The van der Waals surface area contributed by atoms with Crippen LogP contribution in [0.1, 0.15) is 47.8 Å². The summed E-state index contributed by atoms with van der Waals surface area (Å²) >= 11 is 0. The number of ether oxygens (including phenoxy) is 1. The number of hydrogen-bond acceptors (Lipinski definition) is 7. The van der Waals surface area contributed by atoms with Gasteiger partial charge in [-0.2, -0.15) is 0 Å². The molecule has 1 saturated heterocycles. The Morgan fingerprint density at radius 2 is 1.89 bits per heavy atom. The summed E-state index contributed by atoms with van der Waals surface area (Å²) in [5.74, 6) is 2.62. The lowest BCUT2D eigenvalue weighted by atomic mass is 9.88. The van der Waals surface area contributed by atoms with Crippen LogP contribution in [0, 0.1) is 6.92 Å². The lowest BCUT2D eigenvalue weighted by Crippen LogP contribution is -2.40. The molecule has 0 unspecified atom stereocenters. The molecule has 0 saturated carbocycles. The molecule has 1 N–H and O–H groups in total. The molecule has 0 radical (unpaired) electrons. The normalized spacial score (nSPS) is 17.2. The number of aliphatic hydroxyl groups excluding tert-OH is 1. The van der Waals surface area contributed by atoms with E-state index in [1.807, 2.05) is 24.3 Å². The van der Waals surface area contributed by atoms with E-state index in [-0.39, 0.29) is 19.0 Å². The molecule has 1 fully saturated rings. The molecule has 1 atom stereocenters. The summed E-state index contributed by atoms with van der Waals surface area (Å²) < 4.78 is 17.3. The molecule has 7 nitrogen and oxygen atoms in total. The van der Waals surface area contributed by atoms with Gasteiger partial charge in [-0.25, -0.2) is 0 Å². The van der Waals surface area contributed by atoms with E-state index in [0.29, 0.717) is 41.3 Å². The first-order valence-corrected chi connectivity index (χ1v) is 12.6. The standard InChI is InChI=1S/C28H31N3O4.ClH/c1-18-29-30-28(34-18)27-15-24-25(6-3-7-26(24)35-27)33-17-23(32)16-31-12-10-20(11-13-31)22-9-8-19-4-2-5-21(19)14-22;/h3,6-9,14-15,20,23,32H,2,4-5,10-13,16-17H2,1H3;1H/t23-;/m0./s1. The fraction of sp³-hybridized carbons (Fsp3) is 0.429. The summed E-state index contributed by atoms with van der Waals surface area (Å²) in [5.41, 5.74) is 5.28. The predicted octanol–water partition coefficient (Wildman–Crippen LogP) is 5.32. The van der Waals surface area contributed by atoms with Crippen molar-refractivity contribution in [3.63, 3.8) is 0 Å². The number of aliphatic hydroxyl groups is 1.